The van der Waals surface area contributed by atoms with Crippen LogP contribution in [0.25, 0.3) is 0 Å². The van der Waals surface area contributed by atoms with Crippen molar-refractivity contribution in [1.82, 2.24) is 5.32 Å². The highest BCUT2D eigenvalue weighted by molar-refractivity contribution is 5.70. The fraction of sp³-hybridized carbons (Fsp3) is 0.933. The van der Waals surface area contributed by atoms with E-state index in [0.717, 1.165) is 51.5 Å². The van der Waals surface area contributed by atoms with Crippen molar-refractivity contribution in [3.63, 3.8) is 0 Å². The summed E-state index contributed by atoms with van der Waals surface area (Å²) in [6.45, 7) is 0.749. The van der Waals surface area contributed by atoms with Crippen molar-refractivity contribution in [3.8, 4) is 0 Å². The number of hydrogen-bond acceptors (Lipinski definition) is 3. The number of aliphatic carboxylic acids is 1. The molecular formula is C15H27NO3. The summed E-state index contributed by atoms with van der Waals surface area (Å²) >= 11 is 0. The highest BCUT2D eigenvalue weighted by atomic mass is 16.4. The first-order valence-electron chi connectivity index (χ1n) is 7.82. The van der Waals surface area contributed by atoms with Crippen molar-refractivity contribution in [2.24, 2.45) is 11.8 Å². The van der Waals surface area contributed by atoms with Crippen LogP contribution in [0.2, 0.25) is 0 Å². The summed E-state index contributed by atoms with van der Waals surface area (Å²) in [5, 5.41) is 22.8. The Bertz CT molecular complexity index is 295. The average Bonchev–Trinajstić information content (AvgIpc) is 2.61. The molecule has 2 aliphatic rings. The van der Waals surface area contributed by atoms with Crippen molar-refractivity contribution >= 4 is 5.97 Å². The van der Waals surface area contributed by atoms with Crippen molar-refractivity contribution in [3.05, 3.63) is 0 Å². The van der Waals surface area contributed by atoms with Crippen LogP contribution in [0.1, 0.15) is 57.8 Å². The van der Waals surface area contributed by atoms with Gasteiger partial charge in [-0.15, -0.1) is 0 Å². The fourth-order valence-electron chi connectivity index (χ4n) is 3.61. The molecule has 0 amide bonds. The first-order chi connectivity index (χ1) is 9.18. The SMILES string of the molecule is O=C(O)C1CCCCC1CNC1CCCCCC1O. The lowest BCUT2D eigenvalue weighted by atomic mass is 9.79. The van der Waals surface area contributed by atoms with E-state index in [1.807, 2.05) is 0 Å². The van der Waals surface area contributed by atoms with Crippen LogP contribution in [-0.4, -0.2) is 34.9 Å². The van der Waals surface area contributed by atoms with Crippen molar-refractivity contribution in [1.29, 1.82) is 0 Å². The minimum absolute atomic E-state index is 0.166. The molecule has 0 saturated heterocycles. The summed E-state index contributed by atoms with van der Waals surface area (Å²) in [6.07, 6.45) is 9.13. The Morgan fingerprint density at radius 3 is 2.47 bits per heavy atom. The molecule has 4 atom stereocenters. The summed E-state index contributed by atoms with van der Waals surface area (Å²) < 4.78 is 0. The molecule has 0 bridgehead atoms. The maximum Gasteiger partial charge on any atom is 0.306 e. The molecule has 0 heterocycles. The second kappa shape index (κ2) is 7.25. The Labute approximate surface area is 115 Å². The zero-order valence-corrected chi connectivity index (χ0v) is 11.7. The van der Waals surface area contributed by atoms with Crippen LogP contribution in [0.4, 0.5) is 0 Å². The van der Waals surface area contributed by atoms with Gasteiger partial charge >= 0.3 is 5.97 Å². The van der Waals surface area contributed by atoms with Gasteiger partial charge in [-0.2, -0.15) is 0 Å². The van der Waals surface area contributed by atoms with E-state index in [0.29, 0.717) is 0 Å². The molecule has 2 aliphatic carbocycles. The van der Waals surface area contributed by atoms with Gasteiger partial charge in [0.15, 0.2) is 0 Å². The van der Waals surface area contributed by atoms with Crippen molar-refractivity contribution in [2.75, 3.05) is 6.54 Å². The molecule has 0 aromatic rings. The minimum Gasteiger partial charge on any atom is -0.481 e. The van der Waals surface area contributed by atoms with E-state index in [4.69, 9.17) is 0 Å². The predicted molar refractivity (Wildman–Crippen MR) is 74.0 cm³/mol. The zero-order valence-electron chi connectivity index (χ0n) is 11.7. The van der Waals surface area contributed by atoms with Gasteiger partial charge in [0.2, 0.25) is 0 Å². The highest BCUT2D eigenvalue weighted by Gasteiger charge is 2.31. The average molecular weight is 269 g/mol. The van der Waals surface area contributed by atoms with Crippen LogP contribution in [0.5, 0.6) is 0 Å². The molecule has 2 fully saturated rings. The lowest BCUT2D eigenvalue weighted by molar-refractivity contribution is -0.144. The summed E-state index contributed by atoms with van der Waals surface area (Å²) in [4.78, 5) is 11.3. The smallest absolute Gasteiger partial charge is 0.306 e. The van der Waals surface area contributed by atoms with Gasteiger partial charge in [-0.1, -0.05) is 32.1 Å². The van der Waals surface area contributed by atoms with Crippen LogP contribution in [0, 0.1) is 11.8 Å². The molecule has 0 aromatic heterocycles. The Morgan fingerprint density at radius 2 is 1.68 bits per heavy atom. The van der Waals surface area contributed by atoms with Crippen LogP contribution >= 0.6 is 0 Å². The lowest BCUT2D eigenvalue weighted by Crippen LogP contribution is -2.44. The molecular weight excluding hydrogens is 242 g/mol. The van der Waals surface area contributed by atoms with Crippen molar-refractivity contribution in [2.45, 2.75) is 69.9 Å². The molecule has 0 aromatic carbocycles. The third kappa shape index (κ3) is 4.18. The third-order valence-corrected chi connectivity index (χ3v) is 4.85. The number of carboxylic acids is 1. The van der Waals surface area contributed by atoms with Gasteiger partial charge in [0, 0.05) is 6.04 Å². The number of hydrogen-bond donors (Lipinski definition) is 3. The van der Waals surface area contributed by atoms with Gasteiger partial charge in [-0.3, -0.25) is 4.79 Å². The molecule has 3 N–H and O–H groups in total. The van der Waals surface area contributed by atoms with Gasteiger partial charge in [0.05, 0.1) is 12.0 Å². The maximum absolute atomic E-state index is 11.3. The molecule has 4 unspecified atom stereocenters. The summed E-state index contributed by atoms with van der Waals surface area (Å²) in [5.74, 6) is -0.598. The summed E-state index contributed by atoms with van der Waals surface area (Å²) in [5.41, 5.74) is 0. The van der Waals surface area contributed by atoms with Gasteiger partial charge in [0.1, 0.15) is 0 Å². The number of carbonyl (C=O) groups is 1. The second-order valence-electron chi connectivity index (χ2n) is 6.21. The summed E-state index contributed by atoms with van der Waals surface area (Å²) in [6, 6.07) is 0.166. The Kier molecular flexibility index (Phi) is 5.64. The number of rotatable bonds is 4. The summed E-state index contributed by atoms with van der Waals surface area (Å²) in [7, 11) is 0. The van der Waals surface area contributed by atoms with E-state index < -0.39 is 5.97 Å². The maximum atomic E-state index is 11.3. The van der Waals surface area contributed by atoms with E-state index in [9.17, 15) is 15.0 Å². The molecule has 4 nitrogen and oxygen atoms in total. The molecule has 19 heavy (non-hydrogen) atoms. The fourth-order valence-corrected chi connectivity index (χ4v) is 3.61. The molecule has 4 heteroatoms. The largest absolute Gasteiger partial charge is 0.481 e. The monoisotopic (exact) mass is 269 g/mol. The number of aliphatic hydroxyl groups excluding tert-OH is 1. The quantitative estimate of drug-likeness (QED) is 0.684. The molecule has 2 rings (SSSR count). The van der Waals surface area contributed by atoms with E-state index in [-0.39, 0.29) is 24.0 Å². The number of nitrogens with one attached hydrogen (secondary N) is 1. The lowest BCUT2D eigenvalue weighted by Gasteiger charge is -2.31. The van der Waals surface area contributed by atoms with Gasteiger partial charge < -0.3 is 15.5 Å². The van der Waals surface area contributed by atoms with E-state index >= 15 is 0 Å². The normalized spacial score (nSPS) is 36.7. The Balaban J connectivity index is 1.83. The second-order valence-corrected chi connectivity index (χ2v) is 6.21. The molecule has 0 spiro atoms. The van der Waals surface area contributed by atoms with Gasteiger partial charge in [0.25, 0.3) is 0 Å². The topological polar surface area (TPSA) is 69.6 Å². The molecule has 110 valence electrons. The third-order valence-electron chi connectivity index (χ3n) is 4.85. The van der Waals surface area contributed by atoms with E-state index in [1.54, 1.807) is 0 Å². The highest BCUT2D eigenvalue weighted by Crippen LogP contribution is 2.30. The first-order valence-corrected chi connectivity index (χ1v) is 7.82. The molecule has 2 saturated carbocycles. The number of aliphatic hydroxyl groups is 1. The minimum atomic E-state index is -0.645. The van der Waals surface area contributed by atoms with Crippen LogP contribution in [-0.2, 0) is 4.79 Å². The van der Waals surface area contributed by atoms with Gasteiger partial charge in [-0.25, -0.2) is 0 Å². The van der Waals surface area contributed by atoms with Crippen LogP contribution < -0.4 is 5.32 Å². The predicted octanol–water partition coefficient (Wildman–Crippen LogP) is 2.16. The number of carboxylic acid groups (broad SMARTS) is 1. The van der Waals surface area contributed by atoms with Crippen molar-refractivity contribution < 1.29 is 15.0 Å². The van der Waals surface area contributed by atoms with E-state index in [2.05, 4.69) is 5.32 Å². The zero-order chi connectivity index (χ0) is 13.7. The Morgan fingerprint density at radius 1 is 1.00 bits per heavy atom. The van der Waals surface area contributed by atoms with Gasteiger partial charge in [-0.05, 0) is 38.1 Å². The van der Waals surface area contributed by atoms with E-state index in [1.165, 1.54) is 12.8 Å². The first kappa shape index (κ1) is 14.8. The van der Waals surface area contributed by atoms with Crippen LogP contribution in [0.15, 0.2) is 0 Å². The molecule has 0 aliphatic heterocycles. The van der Waals surface area contributed by atoms with Crippen LogP contribution in [0.3, 0.4) is 0 Å². The Hall–Kier alpha value is -0.610. The standard InChI is InChI=1S/C15H27NO3/c17-14-9-3-1-2-8-13(14)16-10-11-6-4-5-7-12(11)15(18)19/h11-14,16-17H,1-10H2,(H,18,19). The molecule has 0 radical (unpaired) electrons.